The van der Waals surface area contributed by atoms with E-state index in [-0.39, 0.29) is 12.2 Å². The van der Waals surface area contributed by atoms with Crippen LogP contribution in [0.15, 0.2) is 23.0 Å². The number of hydrogen-bond donors (Lipinski definition) is 1. The molecule has 4 nitrogen and oxygen atoms in total. The van der Waals surface area contributed by atoms with E-state index in [0.717, 1.165) is 5.56 Å². The molecule has 96 valence electrons. The van der Waals surface area contributed by atoms with Crippen molar-refractivity contribution >= 4 is 23.2 Å². The van der Waals surface area contributed by atoms with E-state index in [2.05, 4.69) is 5.10 Å². The molecule has 0 saturated carbocycles. The van der Waals surface area contributed by atoms with Gasteiger partial charge < -0.3 is 4.74 Å². The minimum atomic E-state index is -0.105. The number of nitrogens with one attached hydrogen (secondary N) is 1. The van der Waals surface area contributed by atoms with Gasteiger partial charge in [-0.15, -0.1) is 0 Å². The van der Waals surface area contributed by atoms with Crippen LogP contribution in [0.1, 0.15) is 11.3 Å². The largest absolute Gasteiger partial charge is 0.486 e. The van der Waals surface area contributed by atoms with Crippen LogP contribution in [0.4, 0.5) is 0 Å². The summed E-state index contributed by atoms with van der Waals surface area (Å²) >= 11 is 12.0. The molecule has 6 heteroatoms. The van der Waals surface area contributed by atoms with Crippen LogP contribution < -0.4 is 10.3 Å². The van der Waals surface area contributed by atoms with Crippen molar-refractivity contribution in [1.29, 1.82) is 0 Å². The number of aromatic amines is 1. The van der Waals surface area contributed by atoms with Gasteiger partial charge in [0.05, 0.1) is 10.7 Å². The SMILES string of the molecule is Cc1cc(OCc2cc(=O)n(C)[nH]2)c(Cl)cc1Cl. The topological polar surface area (TPSA) is 47.0 Å². The molecule has 0 amide bonds. The zero-order valence-electron chi connectivity index (χ0n) is 9.96. The number of rotatable bonds is 3. The lowest BCUT2D eigenvalue weighted by atomic mass is 10.2. The Bertz CT molecular complexity index is 631. The van der Waals surface area contributed by atoms with Crippen LogP contribution in [-0.2, 0) is 13.7 Å². The minimum absolute atomic E-state index is 0.105. The summed E-state index contributed by atoms with van der Waals surface area (Å²) in [6, 6.07) is 4.89. The predicted octanol–water partition coefficient (Wildman–Crippen LogP) is 2.91. The number of nitrogens with zero attached hydrogens (tertiary/aromatic N) is 1. The molecule has 2 aromatic rings. The van der Waals surface area contributed by atoms with Crippen LogP contribution in [0, 0.1) is 6.92 Å². The second-order valence-corrected chi connectivity index (χ2v) is 4.81. The Morgan fingerprint density at radius 2 is 2.00 bits per heavy atom. The summed E-state index contributed by atoms with van der Waals surface area (Å²) in [4.78, 5) is 11.2. The number of H-pyrrole nitrogens is 1. The van der Waals surface area contributed by atoms with Crippen molar-refractivity contribution in [3.8, 4) is 5.75 Å². The Kier molecular flexibility index (Phi) is 3.68. The highest BCUT2D eigenvalue weighted by Gasteiger charge is 2.07. The Balaban J connectivity index is 2.15. The number of benzene rings is 1. The van der Waals surface area contributed by atoms with Crippen molar-refractivity contribution in [3.63, 3.8) is 0 Å². The second-order valence-electron chi connectivity index (χ2n) is 4.00. The maximum atomic E-state index is 11.2. The van der Waals surface area contributed by atoms with Crippen molar-refractivity contribution in [2.24, 2.45) is 7.05 Å². The van der Waals surface area contributed by atoms with Crippen LogP contribution in [0.25, 0.3) is 0 Å². The van der Waals surface area contributed by atoms with E-state index in [4.69, 9.17) is 27.9 Å². The molecule has 0 aliphatic rings. The molecule has 1 N–H and O–H groups in total. The van der Waals surface area contributed by atoms with Crippen molar-refractivity contribution in [2.45, 2.75) is 13.5 Å². The van der Waals surface area contributed by atoms with Gasteiger partial charge in [-0.25, -0.2) is 0 Å². The standard InChI is InChI=1S/C12H12Cl2N2O2/c1-7-3-11(10(14)5-9(7)13)18-6-8-4-12(17)16(2)15-8/h3-5,15H,6H2,1-2H3. The molecule has 1 aromatic heterocycles. The zero-order chi connectivity index (χ0) is 13.3. The van der Waals surface area contributed by atoms with E-state index in [0.29, 0.717) is 21.5 Å². The molecular weight excluding hydrogens is 275 g/mol. The molecule has 0 spiro atoms. The van der Waals surface area contributed by atoms with Crippen molar-refractivity contribution < 1.29 is 4.74 Å². The van der Waals surface area contributed by atoms with Gasteiger partial charge in [0.1, 0.15) is 12.4 Å². The number of hydrogen-bond acceptors (Lipinski definition) is 2. The van der Waals surface area contributed by atoms with Gasteiger partial charge in [-0.3, -0.25) is 14.6 Å². The average Bonchev–Trinajstić information content (AvgIpc) is 2.62. The van der Waals surface area contributed by atoms with E-state index < -0.39 is 0 Å². The first-order valence-electron chi connectivity index (χ1n) is 5.30. The summed E-state index contributed by atoms with van der Waals surface area (Å²) in [5.41, 5.74) is 1.47. The summed E-state index contributed by atoms with van der Waals surface area (Å²) in [6.07, 6.45) is 0. The summed E-state index contributed by atoms with van der Waals surface area (Å²) in [5, 5.41) is 3.92. The van der Waals surface area contributed by atoms with Gasteiger partial charge in [-0.1, -0.05) is 23.2 Å². The highest BCUT2D eigenvalue weighted by atomic mass is 35.5. The third-order valence-corrected chi connectivity index (χ3v) is 3.24. The Morgan fingerprint density at radius 1 is 1.28 bits per heavy atom. The first kappa shape index (κ1) is 13.1. The van der Waals surface area contributed by atoms with Crippen LogP contribution in [0.3, 0.4) is 0 Å². The predicted molar refractivity (Wildman–Crippen MR) is 71.6 cm³/mol. The molecule has 0 radical (unpaired) electrons. The summed E-state index contributed by atoms with van der Waals surface area (Å²) in [7, 11) is 1.64. The molecule has 0 fully saturated rings. The summed E-state index contributed by atoms with van der Waals surface area (Å²) < 4.78 is 6.94. The molecule has 0 saturated heterocycles. The maximum Gasteiger partial charge on any atom is 0.266 e. The second kappa shape index (κ2) is 5.08. The lowest BCUT2D eigenvalue weighted by Crippen LogP contribution is -2.09. The van der Waals surface area contributed by atoms with Gasteiger partial charge in [-0.05, 0) is 24.6 Å². The van der Waals surface area contributed by atoms with Gasteiger partial charge in [0.2, 0.25) is 0 Å². The molecule has 0 unspecified atom stereocenters. The summed E-state index contributed by atoms with van der Waals surface area (Å²) in [6.45, 7) is 2.12. The zero-order valence-corrected chi connectivity index (χ0v) is 11.5. The van der Waals surface area contributed by atoms with Gasteiger partial charge >= 0.3 is 0 Å². The lowest BCUT2D eigenvalue weighted by Gasteiger charge is -2.08. The van der Waals surface area contributed by atoms with E-state index in [1.807, 2.05) is 6.92 Å². The monoisotopic (exact) mass is 286 g/mol. The molecule has 1 aromatic carbocycles. The molecule has 0 aliphatic carbocycles. The lowest BCUT2D eigenvalue weighted by molar-refractivity contribution is 0.300. The fourth-order valence-corrected chi connectivity index (χ4v) is 1.96. The Morgan fingerprint density at radius 3 is 2.61 bits per heavy atom. The summed E-state index contributed by atoms with van der Waals surface area (Å²) in [5.74, 6) is 0.545. The fourth-order valence-electron chi connectivity index (χ4n) is 1.52. The van der Waals surface area contributed by atoms with E-state index in [1.54, 1.807) is 19.2 Å². The quantitative estimate of drug-likeness (QED) is 0.943. The number of ether oxygens (including phenoxy) is 1. The molecule has 0 atom stereocenters. The number of halogens is 2. The molecule has 0 aliphatic heterocycles. The van der Waals surface area contributed by atoms with E-state index in [9.17, 15) is 4.79 Å². The Hall–Kier alpha value is -1.39. The van der Waals surface area contributed by atoms with Crippen molar-refractivity contribution in [1.82, 2.24) is 9.78 Å². The van der Waals surface area contributed by atoms with E-state index >= 15 is 0 Å². The highest BCUT2D eigenvalue weighted by Crippen LogP contribution is 2.30. The van der Waals surface area contributed by atoms with Gasteiger partial charge in [0.25, 0.3) is 5.56 Å². The highest BCUT2D eigenvalue weighted by molar-refractivity contribution is 6.35. The first-order valence-corrected chi connectivity index (χ1v) is 6.06. The molecule has 0 bridgehead atoms. The number of aromatic nitrogens is 2. The van der Waals surface area contributed by atoms with Crippen LogP contribution in [0.2, 0.25) is 10.0 Å². The molecule has 1 heterocycles. The molecule has 2 rings (SSSR count). The smallest absolute Gasteiger partial charge is 0.266 e. The normalized spacial score (nSPS) is 10.7. The van der Waals surface area contributed by atoms with Gasteiger partial charge in [-0.2, -0.15) is 0 Å². The van der Waals surface area contributed by atoms with Crippen LogP contribution >= 0.6 is 23.2 Å². The fraction of sp³-hybridized carbons (Fsp3) is 0.250. The molecule has 18 heavy (non-hydrogen) atoms. The molecular formula is C12H12Cl2N2O2. The van der Waals surface area contributed by atoms with Gasteiger partial charge in [0.15, 0.2) is 0 Å². The third kappa shape index (κ3) is 2.71. The maximum absolute atomic E-state index is 11.2. The third-order valence-electron chi connectivity index (χ3n) is 2.54. The number of aryl methyl sites for hydroxylation is 2. The first-order chi connectivity index (χ1) is 8.47. The Labute approximate surface area is 114 Å². The van der Waals surface area contributed by atoms with Crippen molar-refractivity contribution in [2.75, 3.05) is 0 Å². The van der Waals surface area contributed by atoms with Crippen LogP contribution in [-0.4, -0.2) is 9.78 Å². The van der Waals surface area contributed by atoms with Crippen LogP contribution in [0.5, 0.6) is 5.75 Å². The average molecular weight is 287 g/mol. The van der Waals surface area contributed by atoms with Crippen molar-refractivity contribution in [3.05, 3.63) is 49.9 Å². The minimum Gasteiger partial charge on any atom is -0.486 e. The van der Waals surface area contributed by atoms with Gasteiger partial charge in [0, 0.05) is 18.1 Å². The van der Waals surface area contributed by atoms with E-state index in [1.165, 1.54) is 10.7 Å².